The lowest BCUT2D eigenvalue weighted by Crippen LogP contribution is -2.51. The van der Waals surface area contributed by atoms with Crippen molar-refractivity contribution in [3.8, 4) is 45.5 Å². The van der Waals surface area contributed by atoms with Gasteiger partial charge in [-0.3, -0.25) is 9.59 Å². The molecule has 4 amide bonds. The number of likely N-dealkylation sites (tertiary alicyclic amines) is 2. The van der Waals surface area contributed by atoms with Crippen LogP contribution in [0.15, 0.2) is 90.2 Å². The number of benzene rings is 3. The van der Waals surface area contributed by atoms with E-state index in [1.807, 2.05) is 73.9 Å². The van der Waals surface area contributed by atoms with Crippen molar-refractivity contribution >= 4 is 30.2 Å². The summed E-state index contributed by atoms with van der Waals surface area (Å²) >= 11 is 0. The van der Waals surface area contributed by atoms with Crippen molar-refractivity contribution in [3.05, 3.63) is 108 Å². The van der Waals surface area contributed by atoms with Crippen LogP contribution in [0.2, 0.25) is 0 Å². The van der Waals surface area contributed by atoms with E-state index in [9.17, 15) is 19.2 Å². The topological polar surface area (TPSA) is 175 Å². The van der Waals surface area contributed by atoms with E-state index in [0.717, 1.165) is 82.1 Å². The van der Waals surface area contributed by atoms with Gasteiger partial charge in [-0.2, -0.15) is 4.99 Å². The molecule has 0 spiro atoms. The zero-order valence-electron chi connectivity index (χ0n) is 36.6. The van der Waals surface area contributed by atoms with Gasteiger partial charge in [-0.05, 0) is 84.0 Å². The first-order chi connectivity index (χ1) is 30.4. The zero-order valence-corrected chi connectivity index (χ0v) is 36.6. The number of carbonyl (C=O) groups is 4. The fourth-order valence-corrected chi connectivity index (χ4v) is 8.19. The second-order valence-corrected chi connectivity index (χ2v) is 16.6. The molecular weight excluding hydrogens is 797 g/mol. The molecule has 2 aromatic heterocycles. The molecule has 2 saturated heterocycles. The van der Waals surface area contributed by atoms with Gasteiger partial charge < -0.3 is 34.6 Å². The maximum Gasteiger partial charge on any atom is 0.432 e. The molecule has 4 unspecified atom stereocenters. The third-order valence-electron chi connectivity index (χ3n) is 11.8. The van der Waals surface area contributed by atoms with Crippen molar-refractivity contribution in [3.63, 3.8) is 0 Å². The van der Waals surface area contributed by atoms with Crippen molar-refractivity contribution in [2.45, 2.75) is 71.5 Å². The van der Waals surface area contributed by atoms with Gasteiger partial charge in [-0.25, -0.2) is 19.6 Å². The van der Waals surface area contributed by atoms with Gasteiger partial charge in [0.25, 0.3) is 0 Å². The molecule has 2 aliphatic heterocycles. The number of H-pyrrole nitrogens is 2. The van der Waals surface area contributed by atoms with E-state index in [1.165, 1.54) is 20.4 Å². The Labute approximate surface area is 367 Å². The highest BCUT2D eigenvalue weighted by Gasteiger charge is 2.38. The molecule has 7 rings (SSSR count). The number of nitrogens with zero attached hydrogens (tertiary/aromatic N) is 5. The van der Waals surface area contributed by atoms with Gasteiger partial charge in [-0.15, -0.1) is 0 Å². The highest BCUT2D eigenvalue weighted by Crippen LogP contribution is 2.35. The number of nitrogens with one attached hydrogen (secondary N) is 3. The van der Waals surface area contributed by atoms with E-state index in [-0.39, 0.29) is 35.7 Å². The lowest BCUT2D eigenvalue weighted by Gasteiger charge is -2.30. The lowest BCUT2D eigenvalue weighted by atomic mass is 9.95. The number of imidazole rings is 2. The smallest absolute Gasteiger partial charge is 0.432 e. The molecule has 0 saturated carbocycles. The quantitative estimate of drug-likeness (QED) is 0.0878. The highest BCUT2D eigenvalue weighted by molar-refractivity contribution is 5.97. The van der Waals surface area contributed by atoms with Crippen LogP contribution in [0.4, 0.5) is 9.59 Å². The number of aliphatic imine (C=N–C) groups is 1. The number of aromatic nitrogens is 4. The van der Waals surface area contributed by atoms with Crippen LogP contribution >= 0.6 is 0 Å². The van der Waals surface area contributed by atoms with Crippen LogP contribution in [0.25, 0.3) is 33.6 Å². The Bertz CT molecular complexity index is 2490. The Morgan fingerprint density at radius 1 is 0.683 bits per heavy atom. The average Bonchev–Trinajstić information content (AvgIpc) is 4.15. The summed E-state index contributed by atoms with van der Waals surface area (Å²) in [6, 6.07) is 23.3. The van der Waals surface area contributed by atoms with Gasteiger partial charge in [0.15, 0.2) is 0 Å². The number of aromatic amines is 2. The highest BCUT2D eigenvalue weighted by atomic mass is 16.5. The molecule has 5 aromatic rings. The lowest BCUT2D eigenvalue weighted by molar-refractivity contribution is -0.136. The number of amides is 4. The van der Waals surface area contributed by atoms with Crippen molar-refractivity contribution < 1.29 is 28.7 Å². The first-order valence-electron chi connectivity index (χ1n) is 21.4. The summed E-state index contributed by atoms with van der Waals surface area (Å²) in [7, 11) is 2.55. The second-order valence-electron chi connectivity index (χ2n) is 16.6. The van der Waals surface area contributed by atoms with E-state index in [2.05, 4.69) is 83.2 Å². The van der Waals surface area contributed by atoms with Gasteiger partial charge in [0.2, 0.25) is 11.8 Å². The molecule has 63 heavy (non-hydrogen) atoms. The van der Waals surface area contributed by atoms with Crippen molar-refractivity contribution in [2.75, 3.05) is 27.3 Å². The van der Waals surface area contributed by atoms with E-state index in [1.54, 1.807) is 12.4 Å². The molecule has 0 bridgehead atoms. The maximum absolute atomic E-state index is 13.6. The van der Waals surface area contributed by atoms with E-state index >= 15 is 0 Å². The molecule has 0 radical (unpaired) electrons. The largest absolute Gasteiger partial charge is 0.453 e. The van der Waals surface area contributed by atoms with Crippen molar-refractivity contribution in [1.82, 2.24) is 35.1 Å². The molecule has 3 aromatic carbocycles. The molecule has 4 heterocycles. The average molecular weight is 851 g/mol. The number of rotatable bonds is 11. The Balaban J connectivity index is 0.954. The van der Waals surface area contributed by atoms with Crippen LogP contribution in [0.1, 0.15) is 88.2 Å². The molecule has 4 atom stereocenters. The fraction of sp³-hybridized carbons (Fsp3) is 0.367. The van der Waals surface area contributed by atoms with Crippen molar-refractivity contribution in [1.29, 1.82) is 0 Å². The normalized spacial score (nSPS) is 17.1. The molecule has 326 valence electrons. The number of alkyl carbamates (subject to hydrolysis) is 1. The monoisotopic (exact) mass is 850 g/mol. The molecule has 3 N–H and O–H groups in total. The molecular formula is C49H54N8O6. The van der Waals surface area contributed by atoms with E-state index in [0.29, 0.717) is 13.1 Å². The summed E-state index contributed by atoms with van der Waals surface area (Å²) in [6.45, 7) is 8.88. The summed E-state index contributed by atoms with van der Waals surface area (Å²) in [6.07, 6.45) is 6.93. The third kappa shape index (κ3) is 10.2. The summed E-state index contributed by atoms with van der Waals surface area (Å²) in [5, 5.41) is 2.70. The third-order valence-corrected chi connectivity index (χ3v) is 11.8. The standard InChI is InChI=1S/C49H54N8O6/c1-30(2)38(27-52-48(60)62-5)46(58)56-25-7-9-41(56)44-50-28-39(53-44)36-19-15-33(16-20-36)12-11-32-13-17-34(18-14-32)35-21-23-37(24-22-35)40-29-51-45(54-40)42-10-8-26-57(42)47(59)43(31(3)4)55-49(61)63-6/h13-24,27-31,38,41-43H,7-10,25-26H2,1-6H3,(H,50,53)(H,51,54)(H,55,61). The number of ether oxygens (including phenoxy) is 2. The van der Waals surface area contributed by atoms with Crippen LogP contribution < -0.4 is 5.32 Å². The predicted octanol–water partition coefficient (Wildman–Crippen LogP) is 8.35. The molecule has 14 nitrogen and oxygen atoms in total. The molecule has 2 fully saturated rings. The minimum absolute atomic E-state index is 0.0453. The Hall–Kier alpha value is -7.01. The van der Waals surface area contributed by atoms with Gasteiger partial charge in [0.05, 0.1) is 56.0 Å². The van der Waals surface area contributed by atoms with E-state index in [4.69, 9.17) is 4.74 Å². The summed E-state index contributed by atoms with van der Waals surface area (Å²) < 4.78 is 9.38. The summed E-state index contributed by atoms with van der Waals surface area (Å²) in [5.74, 6) is 7.09. The Kier molecular flexibility index (Phi) is 13.8. The Morgan fingerprint density at radius 2 is 1.14 bits per heavy atom. The summed E-state index contributed by atoms with van der Waals surface area (Å²) in [4.78, 5) is 74.4. The number of methoxy groups -OCH3 is 2. The van der Waals surface area contributed by atoms with Crippen LogP contribution in [0.5, 0.6) is 0 Å². The second kappa shape index (κ2) is 19.8. The minimum Gasteiger partial charge on any atom is -0.453 e. The van der Waals surface area contributed by atoms with Crippen LogP contribution in [0.3, 0.4) is 0 Å². The van der Waals surface area contributed by atoms with Crippen LogP contribution in [-0.2, 0) is 19.1 Å². The maximum atomic E-state index is 13.6. The first kappa shape index (κ1) is 44.1. The molecule has 2 aliphatic rings. The van der Waals surface area contributed by atoms with Crippen LogP contribution in [0, 0.1) is 29.6 Å². The molecule has 14 heteroatoms. The van der Waals surface area contributed by atoms with Gasteiger partial charge in [0.1, 0.15) is 17.7 Å². The first-order valence-corrected chi connectivity index (χ1v) is 21.4. The summed E-state index contributed by atoms with van der Waals surface area (Å²) in [5.41, 5.74) is 7.57. The Morgan fingerprint density at radius 3 is 1.60 bits per heavy atom. The van der Waals surface area contributed by atoms with Gasteiger partial charge in [0, 0.05) is 30.4 Å². The zero-order chi connectivity index (χ0) is 44.6. The predicted molar refractivity (Wildman–Crippen MR) is 240 cm³/mol. The van der Waals surface area contributed by atoms with Gasteiger partial charge in [-0.1, -0.05) is 88.1 Å². The van der Waals surface area contributed by atoms with Gasteiger partial charge >= 0.3 is 12.2 Å². The minimum atomic E-state index is -0.727. The van der Waals surface area contributed by atoms with Crippen LogP contribution in [-0.4, -0.2) is 93.3 Å². The fourth-order valence-electron chi connectivity index (χ4n) is 8.19. The molecule has 0 aliphatic carbocycles. The van der Waals surface area contributed by atoms with Crippen molar-refractivity contribution in [2.24, 2.45) is 22.7 Å². The number of carbonyl (C=O) groups excluding carboxylic acids is 4. The van der Waals surface area contributed by atoms with E-state index < -0.39 is 24.1 Å². The number of hydrogen-bond acceptors (Lipinski definition) is 8. The SMILES string of the molecule is COC(=O)N=CC(C(=O)N1CCCC1c1ncc(-c2ccc(C#Cc3ccc(-c4ccc(-c5cnc(C6CCCN6C(=O)C(NC(=O)OC)C(C)C)[nH]5)cc4)cc3)cc2)[nH]1)C(C)C. The number of hydrogen-bond donors (Lipinski definition) is 3.